The van der Waals surface area contributed by atoms with Crippen LogP contribution in [0, 0.1) is 17.1 Å². The normalized spacial score (nSPS) is 9.78. The Kier molecular flexibility index (Phi) is 3.07. The lowest BCUT2D eigenvalue weighted by molar-refractivity contribution is 0.0692. The van der Waals surface area contributed by atoms with Crippen LogP contribution in [0.2, 0.25) is 0 Å². The number of halogens is 1. The van der Waals surface area contributed by atoms with Crippen LogP contribution in [0.25, 0.3) is 11.1 Å². The third-order valence-electron chi connectivity index (χ3n) is 2.53. The maximum absolute atomic E-state index is 14.0. The van der Waals surface area contributed by atoms with Crippen molar-refractivity contribution in [1.82, 2.24) is 0 Å². The molecule has 0 saturated carbocycles. The van der Waals surface area contributed by atoms with Crippen molar-refractivity contribution in [2.75, 3.05) is 0 Å². The van der Waals surface area contributed by atoms with Crippen molar-refractivity contribution in [3.8, 4) is 17.2 Å². The van der Waals surface area contributed by atoms with E-state index in [0.717, 1.165) is 0 Å². The van der Waals surface area contributed by atoms with Gasteiger partial charge in [0.2, 0.25) is 0 Å². The van der Waals surface area contributed by atoms with E-state index in [0.29, 0.717) is 11.1 Å². The predicted molar refractivity (Wildman–Crippen MR) is 63.5 cm³/mol. The van der Waals surface area contributed by atoms with E-state index in [9.17, 15) is 9.18 Å². The van der Waals surface area contributed by atoms with E-state index in [1.165, 1.54) is 24.3 Å². The molecule has 0 radical (unpaired) electrons. The highest BCUT2D eigenvalue weighted by atomic mass is 19.1. The van der Waals surface area contributed by atoms with Crippen LogP contribution in [-0.4, -0.2) is 11.1 Å². The Balaban J connectivity index is 2.61. The minimum Gasteiger partial charge on any atom is -0.478 e. The second kappa shape index (κ2) is 4.68. The zero-order valence-electron chi connectivity index (χ0n) is 9.22. The van der Waals surface area contributed by atoms with Crippen molar-refractivity contribution < 1.29 is 14.3 Å². The maximum atomic E-state index is 14.0. The standard InChI is InChI=1S/C14H8FNO2/c15-13-11(5-2-6-12(13)14(17)18)10-4-1-3-9(7-10)8-16/h1-7H,(H,17,18). The van der Waals surface area contributed by atoms with Gasteiger partial charge in [-0.25, -0.2) is 9.18 Å². The van der Waals surface area contributed by atoms with Gasteiger partial charge >= 0.3 is 5.97 Å². The largest absolute Gasteiger partial charge is 0.478 e. The molecular weight excluding hydrogens is 233 g/mol. The van der Waals surface area contributed by atoms with E-state index in [4.69, 9.17) is 10.4 Å². The molecule has 0 amide bonds. The van der Waals surface area contributed by atoms with Crippen LogP contribution in [0.5, 0.6) is 0 Å². The number of nitriles is 1. The van der Waals surface area contributed by atoms with E-state index >= 15 is 0 Å². The highest BCUT2D eigenvalue weighted by Gasteiger charge is 2.14. The molecule has 1 N–H and O–H groups in total. The molecule has 18 heavy (non-hydrogen) atoms. The Hall–Kier alpha value is -2.67. The fourth-order valence-electron chi connectivity index (χ4n) is 1.68. The van der Waals surface area contributed by atoms with Crippen LogP contribution >= 0.6 is 0 Å². The molecule has 2 rings (SSSR count). The van der Waals surface area contributed by atoms with Gasteiger partial charge in [0.05, 0.1) is 17.2 Å². The van der Waals surface area contributed by atoms with Crippen molar-refractivity contribution in [2.24, 2.45) is 0 Å². The molecule has 0 saturated heterocycles. The number of nitrogens with zero attached hydrogens (tertiary/aromatic N) is 1. The predicted octanol–water partition coefficient (Wildman–Crippen LogP) is 3.06. The Bertz CT molecular complexity index is 659. The van der Waals surface area contributed by atoms with E-state index in [1.54, 1.807) is 18.2 Å². The topological polar surface area (TPSA) is 61.1 Å². The van der Waals surface area contributed by atoms with E-state index in [-0.39, 0.29) is 11.1 Å². The highest BCUT2D eigenvalue weighted by molar-refractivity contribution is 5.90. The Morgan fingerprint density at radius 2 is 1.94 bits per heavy atom. The van der Waals surface area contributed by atoms with Crippen LogP contribution < -0.4 is 0 Å². The Morgan fingerprint density at radius 1 is 1.22 bits per heavy atom. The van der Waals surface area contributed by atoms with Gasteiger partial charge in [0.25, 0.3) is 0 Å². The summed E-state index contributed by atoms with van der Waals surface area (Å²) in [6, 6.07) is 12.5. The summed E-state index contributed by atoms with van der Waals surface area (Å²) in [5.41, 5.74) is 0.670. The van der Waals surface area contributed by atoms with Gasteiger partial charge in [-0.3, -0.25) is 0 Å². The molecule has 0 aromatic heterocycles. The summed E-state index contributed by atoms with van der Waals surface area (Å²) in [4.78, 5) is 10.8. The molecule has 0 unspecified atom stereocenters. The van der Waals surface area contributed by atoms with Crippen LogP contribution in [0.4, 0.5) is 4.39 Å². The number of aromatic carboxylic acids is 1. The van der Waals surface area contributed by atoms with Gasteiger partial charge in [0.15, 0.2) is 0 Å². The summed E-state index contributed by atoms with van der Waals surface area (Å²) in [7, 11) is 0. The Labute approximate surface area is 103 Å². The van der Waals surface area contributed by atoms with Crippen LogP contribution in [-0.2, 0) is 0 Å². The van der Waals surface area contributed by atoms with Gasteiger partial charge < -0.3 is 5.11 Å². The summed E-state index contributed by atoms with van der Waals surface area (Å²) in [6.07, 6.45) is 0. The van der Waals surface area contributed by atoms with Gasteiger partial charge in [-0.05, 0) is 23.8 Å². The number of rotatable bonds is 2. The first kappa shape index (κ1) is 11.8. The number of carbonyl (C=O) groups is 1. The molecule has 0 aliphatic carbocycles. The molecule has 2 aromatic rings. The summed E-state index contributed by atoms with van der Waals surface area (Å²) in [5.74, 6) is -2.11. The first-order valence-corrected chi connectivity index (χ1v) is 5.16. The van der Waals surface area contributed by atoms with Crippen molar-refractivity contribution in [3.63, 3.8) is 0 Å². The molecule has 0 spiro atoms. The molecule has 88 valence electrons. The van der Waals surface area contributed by atoms with Crippen LogP contribution in [0.3, 0.4) is 0 Å². The van der Waals surface area contributed by atoms with E-state index in [1.807, 2.05) is 6.07 Å². The first-order valence-electron chi connectivity index (χ1n) is 5.16. The zero-order chi connectivity index (χ0) is 13.1. The number of hydrogen-bond acceptors (Lipinski definition) is 2. The fraction of sp³-hybridized carbons (Fsp3) is 0. The minimum absolute atomic E-state index is 0.173. The monoisotopic (exact) mass is 241 g/mol. The molecule has 0 atom stereocenters. The molecule has 0 bridgehead atoms. The number of carboxylic acids is 1. The fourth-order valence-corrected chi connectivity index (χ4v) is 1.68. The zero-order valence-corrected chi connectivity index (χ0v) is 9.22. The van der Waals surface area contributed by atoms with Crippen LogP contribution in [0.1, 0.15) is 15.9 Å². The molecule has 3 nitrogen and oxygen atoms in total. The second-order valence-electron chi connectivity index (χ2n) is 3.66. The van der Waals surface area contributed by atoms with Crippen molar-refractivity contribution >= 4 is 5.97 Å². The second-order valence-corrected chi connectivity index (χ2v) is 3.66. The quantitative estimate of drug-likeness (QED) is 0.878. The summed E-state index contributed by atoms with van der Waals surface area (Å²) in [6.45, 7) is 0. The molecule has 0 aliphatic heterocycles. The third-order valence-corrected chi connectivity index (χ3v) is 2.53. The maximum Gasteiger partial charge on any atom is 0.338 e. The van der Waals surface area contributed by atoms with Gasteiger partial charge in [0, 0.05) is 5.56 Å². The summed E-state index contributed by atoms with van der Waals surface area (Å²) in [5, 5.41) is 17.6. The van der Waals surface area contributed by atoms with Crippen LogP contribution in [0.15, 0.2) is 42.5 Å². The lowest BCUT2D eigenvalue weighted by Gasteiger charge is -2.06. The smallest absolute Gasteiger partial charge is 0.338 e. The van der Waals surface area contributed by atoms with Gasteiger partial charge in [-0.2, -0.15) is 5.26 Å². The SMILES string of the molecule is N#Cc1cccc(-c2cccc(C(=O)O)c2F)c1. The lowest BCUT2D eigenvalue weighted by atomic mass is 10.0. The third kappa shape index (κ3) is 2.06. The average molecular weight is 241 g/mol. The van der Waals surface area contributed by atoms with Gasteiger partial charge in [0.1, 0.15) is 5.82 Å². The average Bonchev–Trinajstić information content (AvgIpc) is 2.38. The van der Waals surface area contributed by atoms with Gasteiger partial charge in [-0.1, -0.05) is 24.3 Å². The number of hydrogen-bond donors (Lipinski definition) is 1. The van der Waals surface area contributed by atoms with Gasteiger partial charge in [-0.15, -0.1) is 0 Å². The first-order chi connectivity index (χ1) is 8.63. The molecule has 0 heterocycles. The lowest BCUT2D eigenvalue weighted by Crippen LogP contribution is -2.01. The summed E-state index contributed by atoms with van der Waals surface area (Å²) < 4.78 is 14.0. The summed E-state index contributed by atoms with van der Waals surface area (Å²) >= 11 is 0. The van der Waals surface area contributed by atoms with Crippen molar-refractivity contribution in [3.05, 3.63) is 59.4 Å². The Morgan fingerprint density at radius 3 is 2.61 bits per heavy atom. The molecule has 2 aromatic carbocycles. The molecule has 0 fully saturated rings. The molecular formula is C14H8FNO2. The van der Waals surface area contributed by atoms with Crippen molar-refractivity contribution in [1.29, 1.82) is 5.26 Å². The minimum atomic E-state index is -1.31. The van der Waals surface area contributed by atoms with E-state index < -0.39 is 11.8 Å². The molecule has 4 heteroatoms. The van der Waals surface area contributed by atoms with E-state index in [2.05, 4.69) is 0 Å². The van der Waals surface area contributed by atoms with Crippen molar-refractivity contribution in [2.45, 2.75) is 0 Å². The molecule has 0 aliphatic rings. The highest BCUT2D eigenvalue weighted by Crippen LogP contribution is 2.25. The number of benzene rings is 2. The number of carboxylic acid groups (broad SMARTS) is 1.